The number of rotatable bonds is 7. The van der Waals surface area contributed by atoms with Crippen molar-refractivity contribution in [2.75, 3.05) is 31.7 Å². The van der Waals surface area contributed by atoms with E-state index in [1.165, 1.54) is 0 Å². The zero-order valence-electron chi connectivity index (χ0n) is 22.8. The van der Waals surface area contributed by atoms with Crippen LogP contribution < -0.4 is 9.64 Å². The minimum Gasteiger partial charge on any atom is -0.490 e. The van der Waals surface area contributed by atoms with Crippen molar-refractivity contribution < 1.29 is 29.0 Å². The fourth-order valence-electron chi connectivity index (χ4n) is 6.39. The van der Waals surface area contributed by atoms with Crippen LogP contribution >= 0.6 is 0 Å². The number of ether oxygens (including phenoxy) is 2. The number of hydrogen-bond acceptors (Lipinski definition) is 6. The summed E-state index contributed by atoms with van der Waals surface area (Å²) in [5.74, 6) is 0.701. The number of hydrogen-bond donors (Lipinski definition) is 2. The molecule has 1 unspecified atom stereocenters. The maximum atomic E-state index is 13.3. The molecule has 37 heavy (non-hydrogen) atoms. The van der Waals surface area contributed by atoms with Crippen molar-refractivity contribution in [3.8, 4) is 5.75 Å². The Balaban J connectivity index is 1.60. The van der Waals surface area contributed by atoms with Crippen LogP contribution in [0.5, 0.6) is 5.75 Å². The lowest BCUT2D eigenvalue weighted by Crippen LogP contribution is -2.50. The number of anilines is 1. The summed E-state index contributed by atoms with van der Waals surface area (Å²) >= 11 is 0. The van der Waals surface area contributed by atoms with E-state index in [2.05, 4.69) is 6.92 Å². The molecule has 2 amide bonds. The normalized spacial score (nSPS) is 27.8. The largest absolute Gasteiger partial charge is 0.490 e. The van der Waals surface area contributed by atoms with Gasteiger partial charge in [-0.15, -0.1) is 0 Å². The summed E-state index contributed by atoms with van der Waals surface area (Å²) in [6.45, 7) is 7.11. The number of likely N-dealkylation sites (tertiary alicyclic amines) is 1. The first-order chi connectivity index (χ1) is 17.7. The Bertz CT molecular complexity index is 966. The highest BCUT2D eigenvalue weighted by molar-refractivity contribution is 6.71. The molecular formula is C28H44N2O6Si. The predicted molar refractivity (Wildman–Crippen MR) is 145 cm³/mol. The molecule has 2 fully saturated rings. The molecule has 2 saturated heterocycles. The van der Waals surface area contributed by atoms with Gasteiger partial charge in [0, 0.05) is 55.8 Å². The Kier molecular flexibility index (Phi) is 8.99. The van der Waals surface area contributed by atoms with Crippen LogP contribution in [0.2, 0.25) is 18.6 Å². The van der Waals surface area contributed by atoms with Crippen LogP contribution in [0.4, 0.5) is 5.69 Å². The van der Waals surface area contributed by atoms with Gasteiger partial charge in [0.25, 0.3) is 0 Å². The number of fused-ring (bicyclic) bond motifs is 1. The third kappa shape index (κ3) is 6.05. The van der Waals surface area contributed by atoms with Crippen molar-refractivity contribution in [3.63, 3.8) is 0 Å². The highest BCUT2D eigenvalue weighted by Crippen LogP contribution is 2.48. The summed E-state index contributed by atoms with van der Waals surface area (Å²) in [6, 6.07) is 5.73. The van der Waals surface area contributed by atoms with E-state index in [0.29, 0.717) is 25.3 Å². The summed E-state index contributed by atoms with van der Waals surface area (Å²) < 4.78 is 12.6. The van der Waals surface area contributed by atoms with Gasteiger partial charge in [-0.05, 0) is 57.0 Å². The van der Waals surface area contributed by atoms with Crippen LogP contribution in [-0.2, 0) is 14.3 Å². The SMILES string of the molecule is CO[C@@H]1c2cc(N3CCCCCCC3=O)ccc2O[C@H](C(CC(=O)N2CCC[C@H]2CO)[Si](C)(C)O)[C@H]1C. The second-order valence-corrected chi connectivity index (χ2v) is 15.6. The summed E-state index contributed by atoms with van der Waals surface area (Å²) in [5.41, 5.74) is 1.44. The molecule has 3 aliphatic heterocycles. The monoisotopic (exact) mass is 532 g/mol. The van der Waals surface area contributed by atoms with Gasteiger partial charge in [-0.1, -0.05) is 19.8 Å². The molecule has 2 N–H and O–H groups in total. The number of methoxy groups -OCH3 is 1. The number of nitrogens with zero attached hydrogens (tertiary/aromatic N) is 2. The highest BCUT2D eigenvalue weighted by Gasteiger charge is 2.48. The number of carbonyl (C=O) groups is 2. The third-order valence-corrected chi connectivity index (χ3v) is 10.9. The van der Waals surface area contributed by atoms with E-state index in [1.54, 1.807) is 12.0 Å². The van der Waals surface area contributed by atoms with E-state index >= 15 is 0 Å². The first-order valence-electron chi connectivity index (χ1n) is 13.9. The smallest absolute Gasteiger partial charge is 0.226 e. The van der Waals surface area contributed by atoms with Crippen LogP contribution in [0.3, 0.4) is 0 Å². The van der Waals surface area contributed by atoms with Crippen molar-refractivity contribution in [2.24, 2.45) is 5.92 Å². The van der Waals surface area contributed by atoms with E-state index in [9.17, 15) is 19.5 Å². The number of amides is 2. The molecule has 3 heterocycles. The average molecular weight is 533 g/mol. The molecule has 206 valence electrons. The predicted octanol–water partition coefficient (Wildman–Crippen LogP) is 4.01. The van der Waals surface area contributed by atoms with E-state index in [0.717, 1.165) is 49.8 Å². The Morgan fingerprint density at radius 3 is 2.65 bits per heavy atom. The fourth-order valence-corrected chi connectivity index (χ4v) is 8.24. The molecule has 4 rings (SSSR count). The Morgan fingerprint density at radius 1 is 1.19 bits per heavy atom. The summed E-state index contributed by atoms with van der Waals surface area (Å²) in [6.07, 6.45) is 5.94. The second-order valence-electron chi connectivity index (χ2n) is 11.6. The number of benzene rings is 1. The Morgan fingerprint density at radius 2 is 1.95 bits per heavy atom. The topological polar surface area (TPSA) is 99.5 Å². The van der Waals surface area contributed by atoms with Crippen molar-refractivity contribution in [1.29, 1.82) is 0 Å². The molecule has 1 aromatic carbocycles. The van der Waals surface area contributed by atoms with Gasteiger partial charge < -0.3 is 29.2 Å². The van der Waals surface area contributed by atoms with Gasteiger partial charge in [-0.3, -0.25) is 9.59 Å². The minimum absolute atomic E-state index is 0.0299. The summed E-state index contributed by atoms with van der Waals surface area (Å²) in [4.78, 5) is 41.1. The van der Waals surface area contributed by atoms with Crippen molar-refractivity contribution >= 4 is 25.8 Å². The molecule has 8 nitrogen and oxygen atoms in total. The van der Waals surface area contributed by atoms with E-state index < -0.39 is 14.4 Å². The quantitative estimate of drug-likeness (QED) is 0.515. The summed E-state index contributed by atoms with van der Waals surface area (Å²) in [5, 5.41) is 9.71. The zero-order chi connectivity index (χ0) is 26.7. The van der Waals surface area contributed by atoms with E-state index in [1.807, 2.05) is 36.2 Å². The van der Waals surface area contributed by atoms with Crippen LogP contribution in [-0.4, -0.2) is 73.9 Å². The van der Waals surface area contributed by atoms with Gasteiger partial charge in [0.15, 0.2) is 8.32 Å². The van der Waals surface area contributed by atoms with Crippen LogP contribution in [0.25, 0.3) is 0 Å². The molecule has 0 saturated carbocycles. The Labute approximate surface area is 222 Å². The average Bonchev–Trinajstić information content (AvgIpc) is 3.33. The van der Waals surface area contributed by atoms with E-state index in [-0.39, 0.29) is 48.4 Å². The third-order valence-electron chi connectivity index (χ3n) is 8.55. The molecule has 9 heteroatoms. The molecular weight excluding hydrogens is 488 g/mol. The lowest BCUT2D eigenvalue weighted by Gasteiger charge is -2.44. The molecule has 0 aromatic heterocycles. The number of carbonyl (C=O) groups excluding carboxylic acids is 2. The van der Waals surface area contributed by atoms with Gasteiger partial charge in [0.2, 0.25) is 11.8 Å². The Hall–Kier alpha value is -1.94. The van der Waals surface area contributed by atoms with Crippen molar-refractivity contribution in [1.82, 2.24) is 4.90 Å². The van der Waals surface area contributed by atoms with Gasteiger partial charge in [-0.2, -0.15) is 0 Å². The van der Waals surface area contributed by atoms with Crippen LogP contribution in [0.1, 0.15) is 70.0 Å². The molecule has 5 atom stereocenters. The highest BCUT2D eigenvalue weighted by atomic mass is 28.4. The van der Waals surface area contributed by atoms with Gasteiger partial charge >= 0.3 is 0 Å². The molecule has 0 bridgehead atoms. The minimum atomic E-state index is -2.83. The zero-order valence-corrected chi connectivity index (χ0v) is 23.8. The van der Waals surface area contributed by atoms with Crippen molar-refractivity contribution in [2.45, 2.75) is 95.2 Å². The molecule has 0 aliphatic carbocycles. The molecule has 3 aliphatic rings. The standard InChI is InChI=1S/C28H44N2O6Si/c1-19-27(35-2)22-16-20(29-14-8-6-5-7-11-25(29)32)12-13-23(22)36-28(19)24(37(3,4)34)17-26(33)30-15-9-10-21(30)18-31/h12-13,16,19,21,24,27-28,31,34H,5-11,14-15,17-18H2,1-4H3/t19-,21-,24?,27-,28-/m0/s1. The lowest BCUT2D eigenvalue weighted by molar-refractivity contribution is -0.133. The first-order valence-corrected chi connectivity index (χ1v) is 16.9. The van der Waals surface area contributed by atoms with Gasteiger partial charge in [0.1, 0.15) is 11.9 Å². The summed E-state index contributed by atoms with van der Waals surface area (Å²) in [7, 11) is -1.15. The van der Waals surface area contributed by atoms with Crippen LogP contribution in [0.15, 0.2) is 18.2 Å². The van der Waals surface area contributed by atoms with Gasteiger partial charge in [-0.25, -0.2) is 0 Å². The van der Waals surface area contributed by atoms with Crippen LogP contribution in [0, 0.1) is 5.92 Å². The maximum absolute atomic E-state index is 13.3. The van der Waals surface area contributed by atoms with E-state index in [4.69, 9.17) is 9.47 Å². The number of aliphatic hydroxyl groups is 1. The maximum Gasteiger partial charge on any atom is 0.226 e. The van der Waals surface area contributed by atoms with Crippen molar-refractivity contribution in [3.05, 3.63) is 23.8 Å². The van der Waals surface area contributed by atoms with Gasteiger partial charge in [0.05, 0.1) is 18.8 Å². The number of aliphatic hydroxyl groups excluding tert-OH is 1. The molecule has 0 radical (unpaired) electrons. The first kappa shape index (κ1) is 28.1. The fraction of sp³-hybridized carbons (Fsp3) is 0.714. The molecule has 1 aromatic rings. The lowest BCUT2D eigenvalue weighted by atomic mass is 9.86. The molecule has 0 spiro atoms. The second kappa shape index (κ2) is 11.8.